The predicted molar refractivity (Wildman–Crippen MR) is 242 cm³/mol. The van der Waals surface area contributed by atoms with Gasteiger partial charge in [-0.05, 0) is 55.7 Å². The first kappa shape index (κ1) is 53.1. The van der Waals surface area contributed by atoms with Crippen molar-refractivity contribution in [2.24, 2.45) is 0 Å². The summed E-state index contributed by atoms with van der Waals surface area (Å²) >= 11 is 0. The Morgan fingerprint density at radius 3 is 1.56 bits per heavy atom. The molecule has 2 aromatic carbocycles. The summed E-state index contributed by atoms with van der Waals surface area (Å²) in [4.78, 5) is 100. The van der Waals surface area contributed by atoms with Crippen molar-refractivity contribution in [3.05, 3.63) is 47.5 Å². The number of esters is 1. The lowest BCUT2D eigenvalue weighted by atomic mass is 10.1. The van der Waals surface area contributed by atoms with Gasteiger partial charge in [-0.3, -0.25) is 33.6 Å². The van der Waals surface area contributed by atoms with E-state index in [1.54, 1.807) is 12.1 Å². The molecule has 7 N–H and O–H groups in total. The molecule has 17 nitrogen and oxygen atoms in total. The van der Waals surface area contributed by atoms with Gasteiger partial charge in [0.05, 0.1) is 50.5 Å². The Balaban J connectivity index is 2.16. The first-order valence-corrected chi connectivity index (χ1v) is 22.4. The van der Waals surface area contributed by atoms with E-state index >= 15 is 0 Å². The van der Waals surface area contributed by atoms with Gasteiger partial charge in [0.1, 0.15) is 5.75 Å². The van der Waals surface area contributed by atoms with Crippen molar-refractivity contribution >= 4 is 64.4 Å². The van der Waals surface area contributed by atoms with Crippen molar-refractivity contribution in [2.75, 3.05) is 55.3 Å². The summed E-state index contributed by atoms with van der Waals surface area (Å²) in [6, 6.07) is 8.96. The molecule has 17 heteroatoms. The molecule has 0 saturated carbocycles. The molecule has 0 aromatic heterocycles. The SMILES string of the molecule is CCCCCCCCOC(=O)c1cc(NC(=O)CNC(=O)CNC(=O)CNC(C)=O)cc(NC(=O)CNC(=O)c2cc(NC(=O)CCCCC)ccc2OCCCCCCCC)c1. The molecule has 63 heavy (non-hydrogen) atoms. The molecule has 7 amide bonds. The summed E-state index contributed by atoms with van der Waals surface area (Å²) in [7, 11) is 0. The molecule has 2 aromatic rings. The van der Waals surface area contributed by atoms with Gasteiger partial charge in [-0.1, -0.05) is 97.8 Å². The fourth-order valence-electron chi connectivity index (χ4n) is 6.11. The molecule has 2 rings (SSSR count). The van der Waals surface area contributed by atoms with E-state index in [1.807, 2.05) is 0 Å². The third-order valence-corrected chi connectivity index (χ3v) is 9.54. The highest BCUT2D eigenvalue weighted by atomic mass is 16.5. The van der Waals surface area contributed by atoms with Crippen LogP contribution in [0.2, 0.25) is 0 Å². The molecule has 0 aliphatic carbocycles. The summed E-state index contributed by atoms with van der Waals surface area (Å²) < 4.78 is 11.5. The number of rotatable bonds is 32. The summed E-state index contributed by atoms with van der Waals surface area (Å²) in [5.41, 5.74) is 0.800. The summed E-state index contributed by atoms with van der Waals surface area (Å²) in [5, 5.41) is 17.7. The van der Waals surface area contributed by atoms with Crippen molar-refractivity contribution in [1.29, 1.82) is 0 Å². The second kappa shape index (κ2) is 31.8. The second-order valence-corrected chi connectivity index (χ2v) is 15.3. The molecular formula is C46H69N7O10. The molecule has 0 heterocycles. The van der Waals surface area contributed by atoms with Gasteiger partial charge >= 0.3 is 5.97 Å². The summed E-state index contributed by atoms with van der Waals surface area (Å²) in [6.07, 6.45) is 15.3. The molecule has 0 aliphatic heterocycles. The molecule has 0 radical (unpaired) electrons. The maximum absolute atomic E-state index is 13.6. The van der Waals surface area contributed by atoms with E-state index in [1.165, 1.54) is 37.6 Å². The Morgan fingerprint density at radius 1 is 0.476 bits per heavy atom. The van der Waals surface area contributed by atoms with E-state index in [0.717, 1.165) is 83.5 Å². The molecule has 0 fully saturated rings. The second-order valence-electron chi connectivity index (χ2n) is 15.3. The van der Waals surface area contributed by atoms with Crippen molar-refractivity contribution in [2.45, 2.75) is 130 Å². The topological polar surface area (TPSA) is 239 Å². The lowest BCUT2D eigenvalue weighted by Gasteiger charge is -2.15. The van der Waals surface area contributed by atoms with Crippen LogP contribution in [0, 0.1) is 0 Å². The van der Waals surface area contributed by atoms with Gasteiger partial charge in [-0.2, -0.15) is 0 Å². The zero-order valence-corrected chi connectivity index (χ0v) is 37.6. The van der Waals surface area contributed by atoms with Crippen LogP contribution in [-0.2, 0) is 33.5 Å². The van der Waals surface area contributed by atoms with Gasteiger partial charge in [0.25, 0.3) is 5.91 Å². The maximum atomic E-state index is 13.6. The standard InChI is InChI=1S/C46H69N7O10/c1-5-8-11-13-15-18-23-62-39-22-21-35(51-40(55)20-17-10-7-3)28-38(39)45(60)50-32-44(59)53-37-26-34(46(61)63-24-19-16-14-12-9-6-2)25-36(27-37)52-43(58)31-49-42(57)30-48-41(56)29-47-33(4)54/h21-22,25-28H,5-20,23-24,29-32H2,1-4H3,(H,47,54)(H,48,56)(H,49,57)(H,50,60)(H,51,55)(H,52,58)(H,53,59). The molecule has 0 atom stereocenters. The van der Waals surface area contributed by atoms with Gasteiger partial charge in [-0.25, -0.2) is 4.79 Å². The van der Waals surface area contributed by atoms with E-state index in [9.17, 15) is 38.4 Å². The lowest BCUT2D eigenvalue weighted by Crippen LogP contribution is -2.43. The molecule has 0 aliphatic rings. The van der Waals surface area contributed by atoms with Gasteiger partial charge in [-0.15, -0.1) is 0 Å². The first-order valence-electron chi connectivity index (χ1n) is 22.4. The highest BCUT2D eigenvalue weighted by Crippen LogP contribution is 2.25. The van der Waals surface area contributed by atoms with Crippen LogP contribution in [-0.4, -0.2) is 86.7 Å². The van der Waals surface area contributed by atoms with E-state index in [2.05, 4.69) is 58.0 Å². The van der Waals surface area contributed by atoms with Crippen molar-refractivity contribution in [3.8, 4) is 5.75 Å². The van der Waals surface area contributed by atoms with Crippen LogP contribution in [0.5, 0.6) is 5.75 Å². The monoisotopic (exact) mass is 880 g/mol. The van der Waals surface area contributed by atoms with Crippen LogP contribution in [0.15, 0.2) is 36.4 Å². The molecule has 0 unspecified atom stereocenters. The summed E-state index contributed by atoms with van der Waals surface area (Å²) in [5.74, 6) is -4.16. The number of anilines is 3. The average Bonchev–Trinajstić information content (AvgIpc) is 3.25. The van der Waals surface area contributed by atoms with Crippen LogP contribution < -0.4 is 42.0 Å². The number of ether oxygens (including phenoxy) is 2. The molecule has 348 valence electrons. The Labute approximate surface area is 371 Å². The van der Waals surface area contributed by atoms with Crippen LogP contribution in [0.3, 0.4) is 0 Å². The van der Waals surface area contributed by atoms with E-state index < -0.39 is 61.0 Å². The Hall–Kier alpha value is -6.00. The van der Waals surface area contributed by atoms with E-state index in [-0.39, 0.29) is 41.6 Å². The third-order valence-electron chi connectivity index (χ3n) is 9.54. The Bertz CT molecular complexity index is 1800. The Morgan fingerprint density at radius 2 is 0.968 bits per heavy atom. The maximum Gasteiger partial charge on any atom is 0.338 e. The fourth-order valence-corrected chi connectivity index (χ4v) is 6.11. The Kier molecular flexibility index (Phi) is 26.8. The van der Waals surface area contributed by atoms with Gasteiger partial charge in [0.15, 0.2) is 0 Å². The number of amides is 7. The van der Waals surface area contributed by atoms with Crippen LogP contribution >= 0.6 is 0 Å². The number of carbonyl (C=O) groups is 8. The van der Waals surface area contributed by atoms with Gasteiger partial charge < -0.3 is 46.7 Å². The molecular weight excluding hydrogens is 811 g/mol. The normalized spacial score (nSPS) is 10.5. The largest absolute Gasteiger partial charge is 0.493 e. The number of hydrogen-bond donors (Lipinski definition) is 7. The highest BCUT2D eigenvalue weighted by Gasteiger charge is 2.18. The average molecular weight is 880 g/mol. The number of benzene rings is 2. The number of nitrogens with one attached hydrogen (secondary N) is 7. The number of carbonyl (C=O) groups excluding carboxylic acids is 8. The summed E-state index contributed by atoms with van der Waals surface area (Å²) in [6.45, 7) is 6.43. The van der Waals surface area contributed by atoms with E-state index in [0.29, 0.717) is 30.9 Å². The lowest BCUT2D eigenvalue weighted by molar-refractivity contribution is -0.127. The highest BCUT2D eigenvalue weighted by molar-refractivity contribution is 6.03. The smallest absolute Gasteiger partial charge is 0.338 e. The van der Waals surface area contributed by atoms with Gasteiger partial charge in [0.2, 0.25) is 35.4 Å². The van der Waals surface area contributed by atoms with Crippen molar-refractivity contribution in [1.82, 2.24) is 21.3 Å². The molecule has 0 spiro atoms. The molecule has 0 bridgehead atoms. The zero-order chi connectivity index (χ0) is 46.2. The minimum absolute atomic E-state index is 0.0322. The van der Waals surface area contributed by atoms with Crippen LogP contribution in [0.25, 0.3) is 0 Å². The fraction of sp³-hybridized carbons (Fsp3) is 0.565. The van der Waals surface area contributed by atoms with Gasteiger partial charge in [0, 0.05) is 30.4 Å². The number of hydrogen-bond acceptors (Lipinski definition) is 10. The third kappa shape index (κ3) is 24.3. The van der Waals surface area contributed by atoms with Crippen LogP contribution in [0.4, 0.5) is 17.1 Å². The minimum Gasteiger partial charge on any atom is -0.493 e. The molecule has 0 saturated heterocycles. The minimum atomic E-state index is -0.683. The van der Waals surface area contributed by atoms with Crippen LogP contribution in [0.1, 0.15) is 151 Å². The van der Waals surface area contributed by atoms with Crippen molar-refractivity contribution < 1.29 is 47.8 Å². The zero-order valence-electron chi connectivity index (χ0n) is 37.6. The quantitative estimate of drug-likeness (QED) is 0.0327. The number of unbranched alkanes of at least 4 members (excludes halogenated alkanes) is 12. The predicted octanol–water partition coefficient (Wildman–Crippen LogP) is 6.14. The van der Waals surface area contributed by atoms with E-state index in [4.69, 9.17) is 9.47 Å². The first-order chi connectivity index (χ1) is 30.3. The van der Waals surface area contributed by atoms with Crippen molar-refractivity contribution in [3.63, 3.8) is 0 Å².